The molecule has 28 heavy (non-hydrogen) atoms. The van der Waals surface area contributed by atoms with E-state index < -0.39 is 11.9 Å². The monoisotopic (exact) mass is 398 g/mol. The van der Waals surface area contributed by atoms with Crippen molar-refractivity contribution in [3.8, 4) is 17.2 Å². The molecule has 146 valence electrons. The molecule has 0 saturated heterocycles. The van der Waals surface area contributed by atoms with E-state index in [1.54, 1.807) is 7.11 Å². The Kier molecular flexibility index (Phi) is 6.92. The molecule has 0 amide bonds. The minimum absolute atomic E-state index is 0.390. The fraction of sp³-hybridized carbons (Fsp3) is 0.227. The molecule has 3 rings (SSSR count). The molecule has 1 unspecified atom stereocenters. The summed E-state index contributed by atoms with van der Waals surface area (Å²) in [5, 5.41) is 11.4. The molecule has 1 atom stereocenters. The van der Waals surface area contributed by atoms with Gasteiger partial charge < -0.3 is 19.3 Å². The lowest BCUT2D eigenvalue weighted by Gasteiger charge is -2.12. The molecule has 5 nitrogen and oxygen atoms in total. The van der Waals surface area contributed by atoms with Crippen LogP contribution in [0, 0.1) is 0 Å². The summed E-state index contributed by atoms with van der Waals surface area (Å²) in [5.74, 6) is 0.746. The highest BCUT2D eigenvalue weighted by Crippen LogP contribution is 2.27. The first kappa shape index (κ1) is 19.8. The van der Waals surface area contributed by atoms with Crippen molar-refractivity contribution in [2.24, 2.45) is 0 Å². The lowest BCUT2D eigenvalue weighted by Crippen LogP contribution is -2.13. The van der Waals surface area contributed by atoms with E-state index in [0.29, 0.717) is 31.1 Å². The Morgan fingerprint density at radius 3 is 2.32 bits per heavy atom. The summed E-state index contributed by atoms with van der Waals surface area (Å²) in [7, 11) is 1.60. The molecule has 3 aromatic rings. The normalized spacial score (nSPS) is 11.6. The number of benzene rings is 2. The van der Waals surface area contributed by atoms with Crippen LogP contribution in [0.4, 0.5) is 0 Å². The number of para-hydroxylation sites is 2. The highest BCUT2D eigenvalue weighted by Gasteiger charge is 2.21. The molecule has 0 bridgehead atoms. The Morgan fingerprint density at radius 2 is 1.68 bits per heavy atom. The molecular formula is C22H22O5S. The Labute approximate surface area is 168 Å². The number of aliphatic carboxylic acids is 1. The molecule has 0 saturated carbocycles. The van der Waals surface area contributed by atoms with E-state index in [1.165, 1.54) is 11.3 Å². The van der Waals surface area contributed by atoms with Crippen LogP contribution < -0.4 is 14.2 Å². The fourth-order valence-electron chi connectivity index (χ4n) is 2.81. The third-order valence-electron chi connectivity index (χ3n) is 4.23. The first-order chi connectivity index (χ1) is 13.7. The Balaban J connectivity index is 1.50. The van der Waals surface area contributed by atoms with Crippen molar-refractivity contribution in [3.63, 3.8) is 0 Å². The number of carboxylic acids is 1. The maximum atomic E-state index is 11.6. The van der Waals surface area contributed by atoms with Crippen molar-refractivity contribution < 1.29 is 24.1 Å². The van der Waals surface area contributed by atoms with E-state index in [4.69, 9.17) is 14.2 Å². The second kappa shape index (κ2) is 9.80. The molecule has 0 radical (unpaired) electrons. The lowest BCUT2D eigenvalue weighted by molar-refractivity contribution is -0.138. The molecule has 0 aliphatic carbocycles. The van der Waals surface area contributed by atoms with Crippen LogP contribution in [0.3, 0.4) is 0 Å². The molecule has 0 aliphatic rings. The fourth-order valence-corrected chi connectivity index (χ4v) is 3.63. The second-order valence-electron chi connectivity index (χ2n) is 6.10. The number of hydrogen-bond acceptors (Lipinski definition) is 5. The Hall–Kier alpha value is -2.99. The van der Waals surface area contributed by atoms with Gasteiger partial charge in [-0.25, -0.2) is 0 Å². The van der Waals surface area contributed by atoms with E-state index in [-0.39, 0.29) is 0 Å². The molecule has 0 spiro atoms. The standard InChI is InChI=1S/C22H22O5S/c1-25-19-5-2-3-6-20(19)27-13-12-26-17-10-8-16(9-11-17)15-18(22(23)24)21-7-4-14-28-21/h2-11,14,18H,12-13,15H2,1H3,(H,23,24). The number of carbonyl (C=O) groups is 1. The molecule has 1 heterocycles. The van der Waals surface area contributed by atoms with Gasteiger partial charge in [0, 0.05) is 4.88 Å². The minimum Gasteiger partial charge on any atom is -0.493 e. The molecule has 0 fully saturated rings. The Morgan fingerprint density at radius 1 is 0.964 bits per heavy atom. The van der Waals surface area contributed by atoms with E-state index in [2.05, 4.69) is 0 Å². The van der Waals surface area contributed by atoms with Crippen LogP contribution in [0.5, 0.6) is 17.2 Å². The quantitative estimate of drug-likeness (QED) is 0.505. The van der Waals surface area contributed by atoms with Gasteiger partial charge in [0.1, 0.15) is 19.0 Å². The Bertz CT molecular complexity index is 874. The summed E-state index contributed by atoms with van der Waals surface area (Å²) in [6.45, 7) is 0.784. The maximum Gasteiger partial charge on any atom is 0.312 e. The van der Waals surface area contributed by atoms with E-state index in [1.807, 2.05) is 66.0 Å². The van der Waals surface area contributed by atoms with E-state index in [0.717, 1.165) is 16.2 Å². The SMILES string of the molecule is COc1ccccc1OCCOc1ccc(CC(C(=O)O)c2cccs2)cc1. The third-order valence-corrected chi connectivity index (χ3v) is 5.21. The van der Waals surface area contributed by atoms with E-state index >= 15 is 0 Å². The highest BCUT2D eigenvalue weighted by atomic mass is 32.1. The minimum atomic E-state index is -0.809. The summed E-state index contributed by atoms with van der Waals surface area (Å²) in [6.07, 6.45) is 0.451. The van der Waals surface area contributed by atoms with Crippen LogP contribution in [-0.4, -0.2) is 31.4 Å². The van der Waals surface area contributed by atoms with Gasteiger partial charge in [0.2, 0.25) is 0 Å². The average Bonchev–Trinajstić information content (AvgIpc) is 3.25. The molecule has 1 N–H and O–H groups in total. The van der Waals surface area contributed by atoms with Crippen LogP contribution in [0.25, 0.3) is 0 Å². The molecule has 2 aromatic carbocycles. The van der Waals surface area contributed by atoms with E-state index in [9.17, 15) is 9.90 Å². The van der Waals surface area contributed by atoms with Crippen molar-refractivity contribution in [1.29, 1.82) is 0 Å². The number of hydrogen-bond donors (Lipinski definition) is 1. The van der Waals surface area contributed by atoms with Gasteiger partial charge in [-0.05, 0) is 47.7 Å². The average molecular weight is 398 g/mol. The zero-order valence-electron chi connectivity index (χ0n) is 15.5. The van der Waals surface area contributed by atoms with Crippen molar-refractivity contribution in [1.82, 2.24) is 0 Å². The number of ether oxygens (including phenoxy) is 3. The van der Waals surface area contributed by atoms with Gasteiger partial charge in [-0.3, -0.25) is 4.79 Å². The highest BCUT2D eigenvalue weighted by molar-refractivity contribution is 7.10. The molecule has 0 aliphatic heterocycles. The van der Waals surface area contributed by atoms with Crippen LogP contribution in [0.2, 0.25) is 0 Å². The van der Waals surface area contributed by atoms with Crippen LogP contribution in [0.1, 0.15) is 16.4 Å². The van der Waals surface area contributed by atoms with Crippen LogP contribution in [-0.2, 0) is 11.2 Å². The zero-order chi connectivity index (χ0) is 19.8. The predicted octanol–water partition coefficient (Wildman–Crippen LogP) is 4.63. The van der Waals surface area contributed by atoms with Crippen molar-refractivity contribution in [3.05, 3.63) is 76.5 Å². The van der Waals surface area contributed by atoms with Gasteiger partial charge in [-0.2, -0.15) is 0 Å². The molecule has 6 heteroatoms. The van der Waals surface area contributed by atoms with Gasteiger partial charge >= 0.3 is 5.97 Å². The first-order valence-corrected chi connectivity index (χ1v) is 9.79. The number of thiophene rings is 1. The summed E-state index contributed by atoms with van der Waals surface area (Å²) in [6, 6.07) is 18.7. The van der Waals surface area contributed by atoms with Gasteiger partial charge in [-0.15, -0.1) is 11.3 Å². The topological polar surface area (TPSA) is 65.0 Å². The summed E-state index contributed by atoms with van der Waals surface area (Å²) in [4.78, 5) is 12.4. The van der Waals surface area contributed by atoms with Gasteiger partial charge in [0.15, 0.2) is 11.5 Å². The first-order valence-electron chi connectivity index (χ1n) is 8.91. The largest absolute Gasteiger partial charge is 0.493 e. The van der Waals surface area contributed by atoms with Crippen molar-refractivity contribution in [2.45, 2.75) is 12.3 Å². The third kappa shape index (κ3) is 5.27. The molecular weight excluding hydrogens is 376 g/mol. The number of carboxylic acid groups (broad SMARTS) is 1. The van der Waals surface area contributed by atoms with Gasteiger partial charge in [-0.1, -0.05) is 30.3 Å². The number of rotatable bonds is 10. The molecule has 1 aromatic heterocycles. The summed E-state index contributed by atoms with van der Waals surface area (Å²) >= 11 is 1.47. The van der Waals surface area contributed by atoms with Gasteiger partial charge in [0.05, 0.1) is 13.0 Å². The lowest BCUT2D eigenvalue weighted by atomic mass is 9.98. The van der Waals surface area contributed by atoms with Gasteiger partial charge in [0.25, 0.3) is 0 Å². The smallest absolute Gasteiger partial charge is 0.312 e. The van der Waals surface area contributed by atoms with Crippen LogP contribution >= 0.6 is 11.3 Å². The van der Waals surface area contributed by atoms with Crippen molar-refractivity contribution >= 4 is 17.3 Å². The zero-order valence-corrected chi connectivity index (χ0v) is 16.4. The maximum absolute atomic E-state index is 11.6. The second-order valence-corrected chi connectivity index (χ2v) is 7.08. The summed E-state index contributed by atoms with van der Waals surface area (Å²) in [5.41, 5.74) is 0.957. The predicted molar refractivity (Wildman–Crippen MR) is 109 cm³/mol. The number of methoxy groups -OCH3 is 1. The van der Waals surface area contributed by atoms with Crippen LogP contribution in [0.15, 0.2) is 66.0 Å². The van der Waals surface area contributed by atoms with Crippen molar-refractivity contribution in [2.75, 3.05) is 20.3 Å². The summed E-state index contributed by atoms with van der Waals surface area (Å²) < 4.78 is 16.6.